The number of sulfone groups is 1. The van der Waals surface area contributed by atoms with Gasteiger partial charge in [-0.1, -0.05) is 38.1 Å². The molecule has 1 heterocycles. The van der Waals surface area contributed by atoms with Gasteiger partial charge in [-0.2, -0.15) is 0 Å². The molecular formula is C13H19NO2S. The molecule has 1 saturated heterocycles. The largest absolute Gasteiger partial charge is 0.314 e. The van der Waals surface area contributed by atoms with Crippen LogP contribution < -0.4 is 5.32 Å². The molecule has 17 heavy (non-hydrogen) atoms. The Balaban J connectivity index is 2.28. The minimum atomic E-state index is -2.93. The minimum absolute atomic E-state index is 0.0601. The van der Waals surface area contributed by atoms with Crippen molar-refractivity contribution in [1.29, 1.82) is 0 Å². The third-order valence-electron chi connectivity index (χ3n) is 3.47. The molecular weight excluding hydrogens is 234 g/mol. The second-order valence-electron chi connectivity index (χ2n) is 4.97. The first kappa shape index (κ1) is 12.6. The van der Waals surface area contributed by atoms with E-state index in [-0.39, 0.29) is 17.0 Å². The Bertz CT molecular complexity index is 491. The van der Waals surface area contributed by atoms with E-state index in [9.17, 15) is 8.42 Å². The summed E-state index contributed by atoms with van der Waals surface area (Å²) in [4.78, 5) is 0. The SMILES string of the molecule is CNC1CS(=O)(=O)C1c1ccc(C(C)C)cc1. The smallest absolute Gasteiger partial charge is 0.160 e. The van der Waals surface area contributed by atoms with Crippen molar-refractivity contribution in [3.63, 3.8) is 0 Å². The van der Waals surface area contributed by atoms with Crippen molar-refractivity contribution in [2.75, 3.05) is 12.8 Å². The standard InChI is InChI=1S/C13H19NO2S/c1-9(2)10-4-6-11(7-5-10)13-12(14-3)8-17(13,15)16/h4-7,9,12-14H,8H2,1-3H3. The normalized spacial score (nSPS) is 26.8. The molecule has 0 saturated carbocycles. The van der Waals surface area contributed by atoms with Crippen LogP contribution in [-0.4, -0.2) is 27.3 Å². The van der Waals surface area contributed by atoms with E-state index in [1.807, 2.05) is 31.3 Å². The van der Waals surface area contributed by atoms with Crippen molar-refractivity contribution >= 4 is 9.84 Å². The molecule has 3 nitrogen and oxygen atoms in total. The Morgan fingerprint density at radius 1 is 1.24 bits per heavy atom. The molecule has 1 aliphatic rings. The molecule has 0 bridgehead atoms. The van der Waals surface area contributed by atoms with Gasteiger partial charge in [-0.15, -0.1) is 0 Å². The van der Waals surface area contributed by atoms with Crippen LogP contribution in [0.5, 0.6) is 0 Å². The van der Waals surface area contributed by atoms with Crippen LogP contribution in [0.2, 0.25) is 0 Å². The molecule has 0 aliphatic carbocycles. The first-order valence-corrected chi connectivity index (χ1v) is 7.66. The van der Waals surface area contributed by atoms with E-state index >= 15 is 0 Å². The summed E-state index contributed by atoms with van der Waals surface area (Å²) in [5.41, 5.74) is 2.14. The van der Waals surface area contributed by atoms with Crippen LogP contribution >= 0.6 is 0 Å². The van der Waals surface area contributed by atoms with E-state index in [2.05, 4.69) is 19.2 Å². The summed E-state index contributed by atoms with van der Waals surface area (Å²) in [7, 11) is -1.12. The average Bonchev–Trinajstić information content (AvgIpc) is 2.26. The molecule has 0 aromatic heterocycles. The fraction of sp³-hybridized carbons (Fsp3) is 0.538. The lowest BCUT2D eigenvalue weighted by Gasteiger charge is -2.36. The molecule has 94 valence electrons. The highest BCUT2D eigenvalue weighted by Gasteiger charge is 2.45. The zero-order valence-corrected chi connectivity index (χ0v) is 11.3. The lowest BCUT2D eigenvalue weighted by Crippen LogP contribution is -2.52. The fourth-order valence-electron chi connectivity index (χ4n) is 2.31. The number of nitrogens with one attached hydrogen (secondary N) is 1. The Morgan fingerprint density at radius 2 is 1.82 bits per heavy atom. The maximum Gasteiger partial charge on any atom is 0.160 e. The van der Waals surface area contributed by atoms with Gasteiger partial charge in [0.1, 0.15) is 5.25 Å². The van der Waals surface area contributed by atoms with Crippen LogP contribution in [0.1, 0.15) is 36.1 Å². The van der Waals surface area contributed by atoms with E-state index in [1.54, 1.807) is 0 Å². The minimum Gasteiger partial charge on any atom is -0.314 e. The van der Waals surface area contributed by atoms with Gasteiger partial charge in [0.05, 0.1) is 5.75 Å². The van der Waals surface area contributed by atoms with Gasteiger partial charge in [0.2, 0.25) is 0 Å². The Kier molecular flexibility index (Phi) is 3.27. The number of hydrogen-bond donors (Lipinski definition) is 1. The second kappa shape index (κ2) is 4.42. The van der Waals surface area contributed by atoms with Gasteiger partial charge in [0, 0.05) is 6.04 Å². The van der Waals surface area contributed by atoms with Gasteiger partial charge in [-0.3, -0.25) is 0 Å². The highest BCUT2D eigenvalue weighted by atomic mass is 32.2. The summed E-state index contributed by atoms with van der Waals surface area (Å²) in [6, 6.07) is 8.01. The number of hydrogen-bond acceptors (Lipinski definition) is 3. The molecule has 1 fully saturated rings. The number of rotatable bonds is 3. The number of likely N-dealkylation sites (N-methyl/N-ethyl adjacent to an activating group) is 1. The highest BCUT2D eigenvalue weighted by molar-refractivity contribution is 7.93. The van der Waals surface area contributed by atoms with Crippen LogP contribution in [0.25, 0.3) is 0 Å². The van der Waals surface area contributed by atoms with Gasteiger partial charge in [0.25, 0.3) is 0 Å². The van der Waals surface area contributed by atoms with Gasteiger partial charge in [0.15, 0.2) is 9.84 Å². The predicted octanol–water partition coefficient (Wildman–Crippen LogP) is 1.87. The monoisotopic (exact) mass is 253 g/mol. The predicted molar refractivity (Wildman–Crippen MR) is 69.9 cm³/mol. The summed E-state index contributed by atoms with van der Waals surface area (Å²) in [5.74, 6) is 0.724. The molecule has 0 amide bonds. The quantitative estimate of drug-likeness (QED) is 0.894. The van der Waals surface area contributed by atoms with Crippen molar-refractivity contribution in [2.45, 2.75) is 31.1 Å². The van der Waals surface area contributed by atoms with Crippen molar-refractivity contribution in [1.82, 2.24) is 5.32 Å². The van der Waals surface area contributed by atoms with E-state index in [0.717, 1.165) is 5.56 Å². The van der Waals surface area contributed by atoms with Gasteiger partial charge in [-0.05, 0) is 24.1 Å². The Morgan fingerprint density at radius 3 is 2.24 bits per heavy atom. The van der Waals surface area contributed by atoms with E-state index in [4.69, 9.17) is 0 Å². The van der Waals surface area contributed by atoms with E-state index in [1.165, 1.54) is 5.56 Å². The molecule has 1 N–H and O–H groups in total. The van der Waals surface area contributed by atoms with Crippen LogP contribution in [-0.2, 0) is 9.84 Å². The van der Waals surface area contributed by atoms with Crippen molar-refractivity contribution in [3.8, 4) is 0 Å². The first-order chi connectivity index (χ1) is 7.95. The molecule has 1 aromatic rings. The third-order valence-corrected chi connectivity index (χ3v) is 5.66. The first-order valence-electron chi connectivity index (χ1n) is 5.94. The molecule has 0 radical (unpaired) electrons. The van der Waals surface area contributed by atoms with Gasteiger partial charge in [-0.25, -0.2) is 8.42 Å². The Labute approximate surface area is 103 Å². The maximum absolute atomic E-state index is 11.8. The van der Waals surface area contributed by atoms with Crippen LogP contribution in [0.15, 0.2) is 24.3 Å². The Hall–Kier alpha value is -0.870. The second-order valence-corrected chi connectivity index (χ2v) is 7.13. The van der Waals surface area contributed by atoms with Crippen LogP contribution in [0, 0.1) is 0 Å². The third kappa shape index (κ3) is 2.24. The summed E-state index contributed by atoms with van der Waals surface area (Å²) in [5, 5.41) is 2.70. The van der Waals surface area contributed by atoms with Crippen LogP contribution in [0.4, 0.5) is 0 Å². The van der Waals surface area contributed by atoms with E-state index < -0.39 is 9.84 Å². The number of benzene rings is 1. The topological polar surface area (TPSA) is 46.2 Å². The zero-order valence-electron chi connectivity index (χ0n) is 10.5. The van der Waals surface area contributed by atoms with Crippen molar-refractivity contribution in [2.24, 2.45) is 0 Å². The van der Waals surface area contributed by atoms with E-state index in [0.29, 0.717) is 5.92 Å². The molecule has 2 rings (SSSR count). The fourth-order valence-corrected chi connectivity index (χ4v) is 4.33. The molecule has 2 unspecified atom stereocenters. The van der Waals surface area contributed by atoms with Crippen molar-refractivity contribution < 1.29 is 8.42 Å². The van der Waals surface area contributed by atoms with Gasteiger partial charge >= 0.3 is 0 Å². The maximum atomic E-state index is 11.8. The zero-order chi connectivity index (χ0) is 12.6. The molecule has 2 atom stereocenters. The summed E-state index contributed by atoms with van der Waals surface area (Å²) < 4.78 is 23.5. The summed E-state index contributed by atoms with van der Waals surface area (Å²) >= 11 is 0. The van der Waals surface area contributed by atoms with Crippen LogP contribution in [0.3, 0.4) is 0 Å². The van der Waals surface area contributed by atoms with Gasteiger partial charge < -0.3 is 5.32 Å². The molecule has 1 aromatic carbocycles. The average molecular weight is 253 g/mol. The molecule has 1 aliphatic heterocycles. The summed E-state index contributed by atoms with van der Waals surface area (Å²) in [6.07, 6.45) is 0. The lowest BCUT2D eigenvalue weighted by molar-refractivity contribution is 0.482. The summed E-state index contributed by atoms with van der Waals surface area (Å²) in [6.45, 7) is 4.26. The highest BCUT2D eigenvalue weighted by Crippen LogP contribution is 2.36. The van der Waals surface area contributed by atoms with Crippen molar-refractivity contribution in [3.05, 3.63) is 35.4 Å². The lowest BCUT2D eigenvalue weighted by atomic mass is 9.99. The molecule has 0 spiro atoms. The molecule has 4 heteroatoms.